The Bertz CT molecular complexity index is 586. The SMILES string of the molecule is CSCC1CCN(Cc2cn(C)nc2-c2ccccc2)CC1. The molecule has 0 aliphatic carbocycles. The van der Waals surface area contributed by atoms with Crippen molar-refractivity contribution >= 4 is 11.8 Å². The zero-order valence-electron chi connectivity index (χ0n) is 13.5. The molecule has 4 heteroatoms. The van der Waals surface area contributed by atoms with Crippen molar-refractivity contribution < 1.29 is 0 Å². The minimum absolute atomic E-state index is 0.911. The van der Waals surface area contributed by atoms with Crippen LogP contribution in [0, 0.1) is 5.92 Å². The van der Waals surface area contributed by atoms with Crippen LogP contribution in [0.25, 0.3) is 11.3 Å². The van der Waals surface area contributed by atoms with Crippen LogP contribution in [0.1, 0.15) is 18.4 Å². The second-order valence-corrected chi connectivity index (χ2v) is 7.13. The summed E-state index contributed by atoms with van der Waals surface area (Å²) >= 11 is 1.98. The smallest absolute Gasteiger partial charge is 0.0968 e. The molecule has 2 heterocycles. The highest BCUT2D eigenvalue weighted by atomic mass is 32.2. The van der Waals surface area contributed by atoms with Crippen molar-refractivity contribution in [1.82, 2.24) is 14.7 Å². The van der Waals surface area contributed by atoms with Gasteiger partial charge in [-0.2, -0.15) is 16.9 Å². The first-order chi connectivity index (χ1) is 10.8. The molecule has 1 aromatic carbocycles. The first-order valence-corrected chi connectivity index (χ1v) is 9.45. The molecular formula is C18H25N3S. The standard InChI is InChI=1S/C18H25N3S/c1-20-12-17(18(19-20)16-6-4-3-5-7-16)13-21-10-8-15(9-11-21)14-22-2/h3-7,12,15H,8-11,13-14H2,1-2H3. The molecule has 1 aliphatic rings. The van der Waals surface area contributed by atoms with E-state index in [2.05, 4.69) is 52.8 Å². The van der Waals surface area contributed by atoms with Gasteiger partial charge >= 0.3 is 0 Å². The van der Waals surface area contributed by atoms with Crippen molar-refractivity contribution in [3.05, 3.63) is 42.1 Å². The Morgan fingerprint density at radius 1 is 1.18 bits per heavy atom. The van der Waals surface area contributed by atoms with Gasteiger partial charge in [-0.1, -0.05) is 30.3 Å². The number of rotatable bonds is 5. The Labute approximate surface area is 137 Å². The van der Waals surface area contributed by atoms with Crippen LogP contribution in [0.5, 0.6) is 0 Å². The van der Waals surface area contributed by atoms with E-state index in [1.807, 2.05) is 23.5 Å². The molecule has 2 aromatic rings. The van der Waals surface area contributed by atoms with Crippen LogP contribution in [0.2, 0.25) is 0 Å². The Hall–Kier alpha value is -1.26. The minimum Gasteiger partial charge on any atom is -0.299 e. The molecule has 3 rings (SSSR count). The number of hydrogen-bond donors (Lipinski definition) is 0. The first kappa shape index (κ1) is 15.6. The van der Waals surface area contributed by atoms with Gasteiger partial charge < -0.3 is 0 Å². The Morgan fingerprint density at radius 3 is 2.59 bits per heavy atom. The van der Waals surface area contributed by atoms with Crippen LogP contribution >= 0.6 is 11.8 Å². The Kier molecular flexibility index (Phi) is 5.21. The number of aromatic nitrogens is 2. The van der Waals surface area contributed by atoms with Gasteiger partial charge in [-0.05, 0) is 43.9 Å². The van der Waals surface area contributed by atoms with E-state index >= 15 is 0 Å². The van der Waals surface area contributed by atoms with Gasteiger partial charge in [0, 0.05) is 30.9 Å². The molecule has 1 aliphatic heterocycles. The molecule has 118 valence electrons. The summed E-state index contributed by atoms with van der Waals surface area (Å²) in [6.07, 6.45) is 7.06. The molecule has 0 atom stereocenters. The van der Waals surface area contributed by atoms with E-state index in [1.54, 1.807) is 0 Å². The fourth-order valence-electron chi connectivity index (χ4n) is 3.28. The highest BCUT2D eigenvalue weighted by Gasteiger charge is 2.20. The number of benzene rings is 1. The van der Waals surface area contributed by atoms with E-state index in [4.69, 9.17) is 0 Å². The minimum atomic E-state index is 0.911. The summed E-state index contributed by atoms with van der Waals surface area (Å²) in [5, 5.41) is 4.68. The van der Waals surface area contributed by atoms with E-state index in [0.29, 0.717) is 0 Å². The quantitative estimate of drug-likeness (QED) is 0.840. The molecule has 0 unspecified atom stereocenters. The first-order valence-electron chi connectivity index (χ1n) is 8.05. The summed E-state index contributed by atoms with van der Waals surface area (Å²) in [6.45, 7) is 3.45. The van der Waals surface area contributed by atoms with E-state index in [9.17, 15) is 0 Å². The maximum absolute atomic E-state index is 4.68. The van der Waals surface area contributed by atoms with Crippen molar-refractivity contribution in [2.45, 2.75) is 19.4 Å². The second-order valence-electron chi connectivity index (χ2n) is 6.22. The fourth-order valence-corrected chi connectivity index (χ4v) is 4.08. The van der Waals surface area contributed by atoms with Crippen LogP contribution in [0.3, 0.4) is 0 Å². The lowest BCUT2D eigenvalue weighted by molar-refractivity contribution is 0.187. The van der Waals surface area contributed by atoms with E-state index < -0.39 is 0 Å². The highest BCUT2D eigenvalue weighted by Crippen LogP contribution is 2.26. The van der Waals surface area contributed by atoms with Crippen LogP contribution in [0.15, 0.2) is 36.5 Å². The van der Waals surface area contributed by atoms with E-state index in [1.165, 1.54) is 42.8 Å². The molecule has 0 N–H and O–H groups in total. The van der Waals surface area contributed by atoms with Crippen molar-refractivity contribution in [3.8, 4) is 11.3 Å². The number of likely N-dealkylation sites (tertiary alicyclic amines) is 1. The zero-order valence-corrected chi connectivity index (χ0v) is 14.4. The maximum Gasteiger partial charge on any atom is 0.0968 e. The predicted octanol–water partition coefficient (Wildman–Crippen LogP) is 3.66. The van der Waals surface area contributed by atoms with Crippen molar-refractivity contribution in [2.75, 3.05) is 25.1 Å². The van der Waals surface area contributed by atoms with Crippen LogP contribution < -0.4 is 0 Å². The monoisotopic (exact) mass is 315 g/mol. The van der Waals surface area contributed by atoms with E-state index in [0.717, 1.165) is 18.2 Å². The lowest BCUT2D eigenvalue weighted by Crippen LogP contribution is -2.33. The third-order valence-electron chi connectivity index (χ3n) is 4.46. The highest BCUT2D eigenvalue weighted by molar-refractivity contribution is 7.98. The molecule has 3 nitrogen and oxygen atoms in total. The summed E-state index contributed by atoms with van der Waals surface area (Å²) in [5.74, 6) is 2.23. The summed E-state index contributed by atoms with van der Waals surface area (Å²) in [4.78, 5) is 2.58. The van der Waals surface area contributed by atoms with Gasteiger partial charge in [0.2, 0.25) is 0 Å². The summed E-state index contributed by atoms with van der Waals surface area (Å²) in [5.41, 5.74) is 3.70. The summed E-state index contributed by atoms with van der Waals surface area (Å²) < 4.78 is 1.94. The van der Waals surface area contributed by atoms with Crippen molar-refractivity contribution in [3.63, 3.8) is 0 Å². The van der Waals surface area contributed by atoms with Gasteiger partial charge in [0.15, 0.2) is 0 Å². The maximum atomic E-state index is 4.68. The third-order valence-corrected chi connectivity index (χ3v) is 5.26. The second kappa shape index (κ2) is 7.34. The largest absolute Gasteiger partial charge is 0.299 e. The van der Waals surface area contributed by atoms with Gasteiger partial charge in [0.25, 0.3) is 0 Å². The Balaban J connectivity index is 1.69. The van der Waals surface area contributed by atoms with Crippen LogP contribution in [-0.4, -0.2) is 39.8 Å². The van der Waals surface area contributed by atoms with Gasteiger partial charge in [-0.25, -0.2) is 0 Å². The lowest BCUT2D eigenvalue weighted by Gasteiger charge is -2.31. The molecule has 1 saturated heterocycles. The molecule has 1 aromatic heterocycles. The summed E-state index contributed by atoms with van der Waals surface area (Å²) in [6, 6.07) is 10.5. The lowest BCUT2D eigenvalue weighted by atomic mass is 9.98. The number of nitrogens with zero attached hydrogens (tertiary/aromatic N) is 3. The van der Waals surface area contributed by atoms with Crippen LogP contribution in [-0.2, 0) is 13.6 Å². The van der Waals surface area contributed by atoms with E-state index in [-0.39, 0.29) is 0 Å². The molecule has 0 bridgehead atoms. The number of piperidine rings is 1. The van der Waals surface area contributed by atoms with Gasteiger partial charge in [-0.3, -0.25) is 9.58 Å². The molecular weight excluding hydrogens is 290 g/mol. The topological polar surface area (TPSA) is 21.1 Å². The molecule has 0 amide bonds. The Morgan fingerprint density at radius 2 is 1.91 bits per heavy atom. The number of aryl methyl sites for hydroxylation is 1. The number of thioether (sulfide) groups is 1. The van der Waals surface area contributed by atoms with Gasteiger partial charge in [0.05, 0.1) is 5.69 Å². The van der Waals surface area contributed by atoms with Gasteiger partial charge in [0.1, 0.15) is 0 Å². The summed E-state index contributed by atoms with van der Waals surface area (Å²) in [7, 11) is 2.01. The fraction of sp³-hybridized carbons (Fsp3) is 0.500. The van der Waals surface area contributed by atoms with Crippen molar-refractivity contribution in [1.29, 1.82) is 0 Å². The molecule has 1 fully saturated rings. The average molecular weight is 315 g/mol. The normalized spacial score (nSPS) is 17.0. The van der Waals surface area contributed by atoms with Gasteiger partial charge in [-0.15, -0.1) is 0 Å². The third kappa shape index (κ3) is 3.73. The zero-order chi connectivity index (χ0) is 15.4. The molecule has 0 spiro atoms. The van der Waals surface area contributed by atoms with Crippen LogP contribution in [0.4, 0.5) is 0 Å². The molecule has 0 saturated carbocycles. The number of hydrogen-bond acceptors (Lipinski definition) is 3. The molecule has 22 heavy (non-hydrogen) atoms. The average Bonchev–Trinajstić information content (AvgIpc) is 2.91. The molecule has 0 radical (unpaired) electrons. The predicted molar refractivity (Wildman–Crippen MR) is 95.0 cm³/mol. The van der Waals surface area contributed by atoms with Crippen molar-refractivity contribution in [2.24, 2.45) is 13.0 Å².